The molecule has 17 heavy (non-hydrogen) atoms. The molecule has 2 aliphatic rings. The Morgan fingerprint density at radius 3 is 2.24 bits per heavy atom. The van der Waals surface area contributed by atoms with Gasteiger partial charge in [-0.1, -0.05) is 48.5 Å². The second-order valence-corrected chi connectivity index (χ2v) is 6.88. The van der Waals surface area contributed by atoms with E-state index in [0.717, 1.165) is 5.92 Å². The highest BCUT2D eigenvalue weighted by Gasteiger charge is 2.33. The normalized spacial score (nSPS) is 24.9. The summed E-state index contributed by atoms with van der Waals surface area (Å²) in [6.45, 7) is 6.28. The van der Waals surface area contributed by atoms with Gasteiger partial charge in [0.1, 0.15) is 0 Å². The van der Waals surface area contributed by atoms with Gasteiger partial charge in [0.2, 0.25) is 0 Å². The maximum absolute atomic E-state index is 3.82. The summed E-state index contributed by atoms with van der Waals surface area (Å²) in [5, 5.41) is 1.21. The summed E-state index contributed by atoms with van der Waals surface area (Å²) in [5.41, 5.74) is 0.585. The standard InChI is InChI=1S/C15H28BrN/c1-2-17(11-14-7-8-14)13-15(12-16)9-5-3-4-6-10-15/h14H,2-13H2,1H3. The summed E-state index contributed by atoms with van der Waals surface area (Å²) in [4.78, 5) is 2.73. The third-order valence-corrected chi connectivity index (χ3v) is 5.86. The predicted octanol–water partition coefficient (Wildman–Crippen LogP) is 4.45. The molecule has 0 unspecified atom stereocenters. The lowest BCUT2D eigenvalue weighted by Crippen LogP contribution is -2.39. The number of rotatable bonds is 6. The maximum atomic E-state index is 3.82. The average molecular weight is 302 g/mol. The fraction of sp³-hybridized carbons (Fsp3) is 1.00. The molecule has 2 aliphatic carbocycles. The van der Waals surface area contributed by atoms with Crippen LogP contribution in [0.15, 0.2) is 0 Å². The van der Waals surface area contributed by atoms with Gasteiger partial charge in [-0.05, 0) is 43.6 Å². The van der Waals surface area contributed by atoms with E-state index in [0.29, 0.717) is 5.41 Å². The molecule has 0 bridgehead atoms. The van der Waals surface area contributed by atoms with Gasteiger partial charge in [0.05, 0.1) is 0 Å². The molecule has 0 amide bonds. The van der Waals surface area contributed by atoms with Crippen molar-refractivity contribution < 1.29 is 0 Å². The minimum absolute atomic E-state index is 0.585. The molecule has 0 aromatic carbocycles. The molecule has 0 aromatic rings. The van der Waals surface area contributed by atoms with Crippen LogP contribution in [0, 0.1) is 11.3 Å². The number of hydrogen-bond donors (Lipinski definition) is 0. The van der Waals surface area contributed by atoms with Crippen molar-refractivity contribution >= 4 is 15.9 Å². The average Bonchev–Trinajstić information content (AvgIpc) is 3.16. The van der Waals surface area contributed by atoms with E-state index in [4.69, 9.17) is 0 Å². The Morgan fingerprint density at radius 1 is 1.12 bits per heavy atom. The second-order valence-electron chi connectivity index (χ2n) is 6.32. The molecule has 0 aromatic heterocycles. The Labute approximate surface area is 115 Å². The van der Waals surface area contributed by atoms with Crippen LogP contribution in [0.3, 0.4) is 0 Å². The van der Waals surface area contributed by atoms with Gasteiger partial charge in [-0.3, -0.25) is 0 Å². The zero-order valence-corrected chi connectivity index (χ0v) is 13.0. The summed E-state index contributed by atoms with van der Waals surface area (Å²) >= 11 is 3.82. The molecule has 0 atom stereocenters. The van der Waals surface area contributed by atoms with Gasteiger partial charge in [0.25, 0.3) is 0 Å². The van der Waals surface area contributed by atoms with E-state index in [9.17, 15) is 0 Å². The minimum Gasteiger partial charge on any atom is -0.303 e. The van der Waals surface area contributed by atoms with Crippen molar-refractivity contribution in [1.82, 2.24) is 4.90 Å². The van der Waals surface area contributed by atoms with Crippen molar-refractivity contribution in [2.75, 3.05) is 25.0 Å². The zero-order valence-electron chi connectivity index (χ0n) is 11.4. The van der Waals surface area contributed by atoms with Gasteiger partial charge >= 0.3 is 0 Å². The highest BCUT2D eigenvalue weighted by molar-refractivity contribution is 9.09. The van der Waals surface area contributed by atoms with Crippen molar-refractivity contribution in [3.8, 4) is 0 Å². The molecule has 0 spiro atoms. The van der Waals surface area contributed by atoms with Crippen LogP contribution in [0.25, 0.3) is 0 Å². The topological polar surface area (TPSA) is 3.24 Å². The van der Waals surface area contributed by atoms with E-state index >= 15 is 0 Å². The summed E-state index contributed by atoms with van der Waals surface area (Å²) in [7, 11) is 0. The van der Waals surface area contributed by atoms with E-state index in [-0.39, 0.29) is 0 Å². The molecule has 0 heterocycles. The molecular formula is C15H28BrN. The summed E-state index contributed by atoms with van der Waals surface area (Å²) in [6, 6.07) is 0. The van der Waals surface area contributed by atoms with E-state index < -0.39 is 0 Å². The van der Waals surface area contributed by atoms with Gasteiger partial charge in [-0.2, -0.15) is 0 Å². The van der Waals surface area contributed by atoms with Crippen LogP contribution in [-0.4, -0.2) is 29.9 Å². The van der Waals surface area contributed by atoms with Crippen LogP contribution in [0.5, 0.6) is 0 Å². The maximum Gasteiger partial charge on any atom is 0.0100 e. The highest BCUT2D eigenvalue weighted by Crippen LogP contribution is 2.38. The Kier molecular flexibility index (Phi) is 5.35. The summed E-state index contributed by atoms with van der Waals surface area (Å²) in [6.07, 6.45) is 11.7. The first-order chi connectivity index (χ1) is 8.28. The highest BCUT2D eigenvalue weighted by atomic mass is 79.9. The molecular weight excluding hydrogens is 274 g/mol. The molecule has 2 rings (SSSR count). The summed E-state index contributed by atoms with van der Waals surface area (Å²) < 4.78 is 0. The van der Waals surface area contributed by atoms with Crippen molar-refractivity contribution in [2.24, 2.45) is 11.3 Å². The molecule has 1 nitrogen and oxygen atoms in total. The molecule has 0 N–H and O–H groups in total. The van der Waals surface area contributed by atoms with Gasteiger partial charge in [0.15, 0.2) is 0 Å². The molecule has 2 fully saturated rings. The third-order valence-electron chi connectivity index (χ3n) is 4.67. The van der Waals surface area contributed by atoms with Crippen LogP contribution in [-0.2, 0) is 0 Å². The smallest absolute Gasteiger partial charge is 0.0100 e. The summed E-state index contributed by atoms with van der Waals surface area (Å²) in [5.74, 6) is 1.04. The Hall–Kier alpha value is 0.440. The second kappa shape index (κ2) is 6.56. The Morgan fingerprint density at radius 2 is 1.76 bits per heavy atom. The number of alkyl halides is 1. The largest absolute Gasteiger partial charge is 0.303 e. The van der Waals surface area contributed by atoms with Gasteiger partial charge < -0.3 is 4.90 Å². The van der Waals surface area contributed by atoms with Crippen molar-refractivity contribution in [3.63, 3.8) is 0 Å². The van der Waals surface area contributed by atoms with E-state index in [1.54, 1.807) is 0 Å². The Bertz CT molecular complexity index is 217. The fourth-order valence-corrected chi connectivity index (χ4v) is 4.00. The molecule has 2 heteroatoms. The molecule has 100 valence electrons. The van der Waals surface area contributed by atoms with E-state index in [1.165, 1.54) is 76.3 Å². The van der Waals surface area contributed by atoms with Crippen molar-refractivity contribution in [1.29, 1.82) is 0 Å². The van der Waals surface area contributed by atoms with Gasteiger partial charge in [-0.25, -0.2) is 0 Å². The first-order valence-corrected chi connectivity index (χ1v) is 8.68. The van der Waals surface area contributed by atoms with Gasteiger partial charge in [-0.15, -0.1) is 0 Å². The zero-order chi connectivity index (χ0) is 12.1. The van der Waals surface area contributed by atoms with E-state index in [1.807, 2.05) is 0 Å². The quantitative estimate of drug-likeness (QED) is 0.517. The molecule has 0 saturated heterocycles. The lowest BCUT2D eigenvalue weighted by Gasteiger charge is -2.36. The van der Waals surface area contributed by atoms with Crippen LogP contribution in [0.1, 0.15) is 58.3 Å². The lowest BCUT2D eigenvalue weighted by molar-refractivity contribution is 0.152. The number of nitrogens with zero attached hydrogens (tertiary/aromatic N) is 1. The van der Waals surface area contributed by atoms with Crippen LogP contribution in [0.4, 0.5) is 0 Å². The van der Waals surface area contributed by atoms with Crippen LogP contribution >= 0.6 is 15.9 Å². The molecule has 0 aliphatic heterocycles. The lowest BCUT2D eigenvalue weighted by atomic mass is 9.82. The Balaban J connectivity index is 1.89. The van der Waals surface area contributed by atoms with Crippen LogP contribution < -0.4 is 0 Å². The monoisotopic (exact) mass is 301 g/mol. The SMILES string of the molecule is CCN(CC1CC1)CC1(CBr)CCCCCC1. The molecule has 0 radical (unpaired) electrons. The fourth-order valence-electron chi connectivity index (χ4n) is 3.26. The predicted molar refractivity (Wildman–Crippen MR) is 78.8 cm³/mol. The van der Waals surface area contributed by atoms with E-state index in [2.05, 4.69) is 27.8 Å². The number of hydrogen-bond acceptors (Lipinski definition) is 1. The third kappa shape index (κ3) is 4.24. The number of halogens is 1. The first kappa shape index (κ1) is 13.9. The first-order valence-electron chi connectivity index (χ1n) is 7.56. The van der Waals surface area contributed by atoms with Crippen LogP contribution in [0.2, 0.25) is 0 Å². The minimum atomic E-state index is 0.585. The van der Waals surface area contributed by atoms with Gasteiger partial charge in [0, 0.05) is 18.4 Å². The van der Waals surface area contributed by atoms with Crippen molar-refractivity contribution in [3.05, 3.63) is 0 Å². The molecule has 2 saturated carbocycles. The van der Waals surface area contributed by atoms with Crippen molar-refractivity contribution in [2.45, 2.75) is 58.3 Å².